The normalized spacial score (nSPS) is 15.1. The fraction of sp³-hybridized carbons (Fsp3) is 0.320. The molecule has 2 aromatic heterocycles. The number of carboxylic acid groups (broad SMARTS) is 1. The number of likely N-dealkylation sites (tertiary alicyclic amines) is 1. The van der Waals surface area contributed by atoms with E-state index in [1.54, 1.807) is 18.2 Å². The first-order valence-electron chi connectivity index (χ1n) is 11.5. The number of nitrogens with one attached hydrogen (secondary N) is 2. The van der Waals surface area contributed by atoms with Gasteiger partial charge in [0.05, 0.1) is 10.9 Å². The first-order valence-corrected chi connectivity index (χ1v) is 12.2. The molecule has 0 spiro atoms. The molecule has 5 rings (SSSR count). The fourth-order valence-corrected chi connectivity index (χ4v) is 4.73. The molecule has 0 radical (unpaired) electrons. The molecule has 0 unspecified atom stereocenters. The molecule has 1 fully saturated rings. The summed E-state index contributed by atoms with van der Waals surface area (Å²) in [5.74, 6) is -1.71. The number of aromatic nitrogens is 3. The van der Waals surface area contributed by atoms with E-state index in [9.17, 15) is 18.0 Å². The molecular weight excluding hydrogens is 532 g/mol. The van der Waals surface area contributed by atoms with Crippen molar-refractivity contribution in [1.29, 1.82) is 0 Å². The average Bonchev–Trinajstić information content (AvgIpc) is 3.24. The molecule has 0 bridgehead atoms. The lowest BCUT2D eigenvalue weighted by Gasteiger charge is -2.31. The summed E-state index contributed by atoms with van der Waals surface area (Å²) < 4.78 is 31.7. The van der Waals surface area contributed by atoms with E-state index in [1.807, 2.05) is 18.2 Å². The van der Waals surface area contributed by atoms with Gasteiger partial charge in [0.15, 0.2) is 0 Å². The van der Waals surface area contributed by atoms with Gasteiger partial charge in [0.25, 0.3) is 5.56 Å². The number of carboxylic acids is 1. The maximum atomic E-state index is 12.4. The zero-order valence-corrected chi connectivity index (χ0v) is 20.9. The second-order valence-corrected chi connectivity index (χ2v) is 9.66. The van der Waals surface area contributed by atoms with Gasteiger partial charge < -0.3 is 20.0 Å². The molecular formula is C25H23Cl2F3N4O3. The second kappa shape index (κ2) is 11.1. The van der Waals surface area contributed by atoms with Crippen molar-refractivity contribution >= 4 is 51.0 Å². The van der Waals surface area contributed by atoms with Crippen LogP contribution in [0.2, 0.25) is 10.0 Å². The Balaban J connectivity index is 0.000000405. The van der Waals surface area contributed by atoms with Gasteiger partial charge >= 0.3 is 12.1 Å². The Bertz CT molecular complexity index is 1480. The van der Waals surface area contributed by atoms with Gasteiger partial charge in [-0.3, -0.25) is 4.79 Å². The highest BCUT2D eigenvalue weighted by molar-refractivity contribution is 6.31. The van der Waals surface area contributed by atoms with Gasteiger partial charge in [-0.2, -0.15) is 13.2 Å². The molecule has 1 aliphatic heterocycles. The lowest BCUT2D eigenvalue weighted by molar-refractivity contribution is -0.192. The topological polar surface area (TPSA) is 102 Å². The molecule has 1 saturated heterocycles. The molecule has 3 N–H and O–H groups in total. The van der Waals surface area contributed by atoms with Crippen LogP contribution in [0.3, 0.4) is 0 Å². The van der Waals surface area contributed by atoms with Crippen molar-refractivity contribution in [2.45, 2.75) is 31.4 Å². The van der Waals surface area contributed by atoms with Crippen LogP contribution in [0.25, 0.3) is 21.8 Å². The quantitative estimate of drug-likeness (QED) is 0.297. The number of fused-ring (bicyclic) bond motifs is 2. The Labute approximate surface area is 219 Å². The average molecular weight is 555 g/mol. The van der Waals surface area contributed by atoms with Gasteiger partial charge in [0, 0.05) is 39.6 Å². The highest BCUT2D eigenvalue weighted by atomic mass is 35.5. The van der Waals surface area contributed by atoms with E-state index in [1.165, 1.54) is 10.9 Å². The molecule has 2 aromatic carbocycles. The number of hydrogen-bond acceptors (Lipinski definition) is 4. The Morgan fingerprint density at radius 3 is 2.41 bits per heavy atom. The molecule has 1 aliphatic rings. The summed E-state index contributed by atoms with van der Waals surface area (Å²) in [5, 5.41) is 10.3. The van der Waals surface area contributed by atoms with Crippen LogP contribution in [0.1, 0.15) is 30.1 Å². The molecule has 0 amide bonds. The van der Waals surface area contributed by atoms with Gasteiger partial charge in [0.2, 0.25) is 0 Å². The lowest BCUT2D eigenvalue weighted by Crippen LogP contribution is -2.35. The van der Waals surface area contributed by atoms with Gasteiger partial charge in [0.1, 0.15) is 5.82 Å². The number of carbonyl (C=O) groups is 1. The first kappa shape index (κ1) is 27.0. The first-order chi connectivity index (χ1) is 17.5. The lowest BCUT2D eigenvalue weighted by atomic mass is 9.95. The summed E-state index contributed by atoms with van der Waals surface area (Å²) in [7, 11) is 0. The number of aromatic amines is 2. The number of alkyl halides is 3. The van der Waals surface area contributed by atoms with Gasteiger partial charge in [-0.05, 0) is 74.3 Å². The van der Waals surface area contributed by atoms with Crippen molar-refractivity contribution < 1.29 is 23.1 Å². The van der Waals surface area contributed by atoms with Crippen LogP contribution < -0.4 is 5.56 Å². The third-order valence-corrected chi connectivity index (χ3v) is 6.80. The minimum atomic E-state index is -5.08. The van der Waals surface area contributed by atoms with Gasteiger partial charge in [-0.1, -0.05) is 23.2 Å². The summed E-state index contributed by atoms with van der Waals surface area (Å²) in [6.07, 6.45) is -0.0549. The van der Waals surface area contributed by atoms with E-state index in [2.05, 4.69) is 21.1 Å². The predicted octanol–water partition coefficient (Wildman–Crippen LogP) is 5.77. The third kappa shape index (κ3) is 6.63. The molecule has 0 atom stereocenters. The summed E-state index contributed by atoms with van der Waals surface area (Å²) in [5.41, 5.74) is 3.00. The highest BCUT2D eigenvalue weighted by Gasteiger charge is 2.38. The molecule has 0 aliphatic carbocycles. The number of benzene rings is 2. The number of halogens is 5. The summed E-state index contributed by atoms with van der Waals surface area (Å²) in [4.78, 5) is 34.8. The summed E-state index contributed by atoms with van der Waals surface area (Å²) in [6, 6.07) is 11.2. The predicted molar refractivity (Wildman–Crippen MR) is 136 cm³/mol. The van der Waals surface area contributed by atoms with E-state index < -0.39 is 12.1 Å². The summed E-state index contributed by atoms with van der Waals surface area (Å²) in [6.45, 7) is 2.99. The second-order valence-electron chi connectivity index (χ2n) is 8.79. The zero-order valence-electron chi connectivity index (χ0n) is 19.4. The zero-order chi connectivity index (χ0) is 26.7. The number of nitrogens with zero attached hydrogens (tertiary/aromatic N) is 2. The van der Waals surface area contributed by atoms with Crippen molar-refractivity contribution in [2.24, 2.45) is 0 Å². The Morgan fingerprint density at radius 2 is 1.73 bits per heavy atom. The van der Waals surface area contributed by atoms with Crippen molar-refractivity contribution in [3.8, 4) is 0 Å². The van der Waals surface area contributed by atoms with Crippen LogP contribution in [-0.2, 0) is 11.2 Å². The maximum absolute atomic E-state index is 12.4. The standard InChI is InChI=1S/C23H22Cl2N4O.C2HF3O2/c24-16-2-4-20-19(11-16)15(13-26-20)7-10-29-8-5-14(6-9-29)22-27-21-12-17(25)1-3-18(21)23(30)28-22;3-2(4,5)1(6)7/h1-4,11-14,26H,5-10H2,(H,27,28,30);(H,6,7). The molecule has 0 saturated carbocycles. The van der Waals surface area contributed by atoms with E-state index in [0.717, 1.165) is 55.3 Å². The van der Waals surface area contributed by atoms with Crippen LogP contribution in [0.15, 0.2) is 47.4 Å². The fourth-order valence-electron chi connectivity index (χ4n) is 4.39. The van der Waals surface area contributed by atoms with E-state index in [-0.39, 0.29) is 11.5 Å². The Kier molecular flexibility index (Phi) is 8.11. The Hall–Kier alpha value is -3.08. The van der Waals surface area contributed by atoms with Gasteiger partial charge in [-0.25, -0.2) is 9.78 Å². The van der Waals surface area contributed by atoms with Crippen molar-refractivity contribution in [3.63, 3.8) is 0 Å². The number of hydrogen-bond donors (Lipinski definition) is 3. The van der Waals surface area contributed by atoms with Crippen molar-refractivity contribution in [3.05, 3.63) is 74.4 Å². The van der Waals surface area contributed by atoms with E-state index in [4.69, 9.17) is 38.1 Å². The summed E-state index contributed by atoms with van der Waals surface area (Å²) >= 11 is 12.2. The van der Waals surface area contributed by atoms with Crippen molar-refractivity contribution in [1.82, 2.24) is 19.9 Å². The van der Waals surface area contributed by atoms with Gasteiger partial charge in [-0.15, -0.1) is 0 Å². The van der Waals surface area contributed by atoms with Crippen LogP contribution in [0, 0.1) is 0 Å². The smallest absolute Gasteiger partial charge is 0.475 e. The highest BCUT2D eigenvalue weighted by Crippen LogP contribution is 2.27. The number of aliphatic carboxylic acids is 1. The van der Waals surface area contributed by atoms with E-state index in [0.29, 0.717) is 15.9 Å². The SMILES string of the molecule is O=C(O)C(F)(F)F.O=c1[nH]c(C2CCN(CCc3c[nH]c4ccc(Cl)cc34)CC2)nc2cc(Cl)ccc12. The van der Waals surface area contributed by atoms with Crippen LogP contribution in [-0.4, -0.2) is 56.7 Å². The largest absolute Gasteiger partial charge is 0.490 e. The molecule has 196 valence electrons. The minimum Gasteiger partial charge on any atom is -0.475 e. The number of H-pyrrole nitrogens is 2. The molecule has 4 aromatic rings. The molecule has 37 heavy (non-hydrogen) atoms. The van der Waals surface area contributed by atoms with E-state index >= 15 is 0 Å². The van der Waals surface area contributed by atoms with Crippen LogP contribution in [0.5, 0.6) is 0 Å². The minimum absolute atomic E-state index is 0.0907. The molecule has 12 heteroatoms. The number of rotatable bonds is 4. The molecule has 7 nitrogen and oxygen atoms in total. The third-order valence-electron chi connectivity index (χ3n) is 6.33. The molecule has 3 heterocycles. The number of piperidine rings is 1. The Morgan fingerprint density at radius 1 is 1.08 bits per heavy atom. The monoisotopic (exact) mass is 554 g/mol. The maximum Gasteiger partial charge on any atom is 0.490 e. The van der Waals surface area contributed by atoms with Crippen LogP contribution >= 0.6 is 23.2 Å². The van der Waals surface area contributed by atoms with Crippen molar-refractivity contribution in [2.75, 3.05) is 19.6 Å². The van der Waals surface area contributed by atoms with Crippen LogP contribution in [0.4, 0.5) is 13.2 Å².